The molecule has 0 spiro atoms. The number of halogens is 1. The van der Waals surface area contributed by atoms with Crippen molar-refractivity contribution >= 4 is 44.9 Å². The van der Waals surface area contributed by atoms with E-state index in [1.165, 1.54) is 0 Å². The van der Waals surface area contributed by atoms with E-state index in [1.54, 1.807) is 10.6 Å². The van der Waals surface area contributed by atoms with E-state index in [0.29, 0.717) is 31.2 Å². The van der Waals surface area contributed by atoms with Gasteiger partial charge < -0.3 is 18.5 Å². The molecule has 0 bridgehead atoms. The van der Waals surface area contributed by atoms with E-state index in [2.05, 4.69) is 87.3 Å². The molecule has 0 amide bonds. The smallest absolute Gasteiger partial charge is 0.305 e. The van der Waals surface area contributed by atoms with Crippen LogP contribution in [0.15, 0.2) is 47.3 Å². The number of carbonyl (C=O) groups is 1. The Labute approximate surface area is 283 Å². The van der Waals surface area contributed by atoms with Crippen LogP contribution in [-0.4, -0.2) is 45.7 Å². The largest absolute Gasteiger partial charge is 0.466 e. The van der Waals surface area contributed by atoms with Gasteiger partial charge in [0.15, 0.2) is 8.32 Å². The lowest BCUT2D eigenvalue weighted by molar-refractivity contribution is -0.143. The average molecular weight is 686 g/mol. The Kier molecular flexibility index (Phi) is 12.4. The Morgan fingerprint density at radius 3 is 2.15 bits per heavy atom. The Morgan fingerprint density at radius 2 is 1.59 bits per heavy atom. The quantitative estimate of drug-likeness (QED) is 0.132. The molecule has 0 saturated heterocycles. The predicted molar refractivity (Wildman–Crippen MR) is 198 cm³/mol. The lowest BCUT2D eigenvalue weighted by Gasteiger charge is -2.39. The number of aryl methyl sites for hydroxylation is 2. The zero-order valence-corrected chi connectivity index (χ0v) is 33.0. The molecule has 0 fully saturated rings. The number of fused-ring (bicyclic) bond motifs is 1. The first-order valence-electron chi connectivity index (χ1n) is 16.5. The topological polar surface area (TPSA) is 66.8 Å². The van der Waals surface area contributed by atoms with E-state index < -0.39 is 22.0 Å². The predicted octanol–water partition coefficient (Wildman–Crippen LogP) is 10.2. The summed E-state index contributed by atoms with van der Waals surface area (Å²) >= 11 is 6.34. The molecule has 0 aliphatic rings. The molecule has 1 aromatic heterocycles. The second-order valence-corrected chi connectivity index (χ2v) is 27.0. The molecule has 0 aliphatic carbocycles. The minimum absolute atomic E-state index is 0.0491. The van der Waals surface area contributed by atoms with Crippen LogP contribution >= 0.6 is 11.6 Å². The maximum absolute atomic E-state index is 13.3. The SMILES string of the molecule is Cc1cc2c(ccc(=O)n2CCCC(=O)OCC[Si](C)(C)C)c(-c2ccc(Cl)cc2)c1[C@@H](CO[Si](C)(C)C(C)(C)C)OC(C)(C)C. The fraction of sp³-hybridized carbons (Fsp3) is 0.568. The normalized spacial score (nSPS) is 13.7. The van der Waals surface area contributed by atoms with Gasteiger partial charge in [-0.25, -0.2) is 0 Å². The highest BCUT2D eigenvalue weighted by Crippen LogP contribution is 2.42. The van der Waals surface area contributed by atoms with Gasteiger partial charge in [0.2, 0.25) is 0 Å². The number of pyridine rings is 1. The number of carbonyl (C=O) groups excluding carboxylic acids is 1. The van der Waals surface area contributed by atoms with Crippen molar-refractivity contribution in [2.45, 2.75) is 123 Å². The highest BCUT2D eigenvalue weighted by Gasteiger charge is 2.39. The molecule has 46 heavy (non-hydrogen) atoms. The number of hydrogen-bond donors (Lipinski definition) is 0. The molecule has 6 nitrogen and oxygen atoms in total. The Balaban J connectivity index is 2.12. The molecular weight excluding hydrogens is 630 g/mol. The minimum Gasteiger partial charge on any atom is -0.466 e. The molecule has 3 rings (SSSR count). The molecule has 0 N–H and O–H groups in total. The van der Waals surface area contributed by atoms with Gasteiger partial charge in [0.05, 0.1) is 24.3 Å². The number of hydrogen-bond acceptors (Lipinski definition) is 5. The summed E-state index contributed by atoms with van der Waals surface area (Å²) in [5.41, 5.74) is 4.33. The Bertz CT molecular complexity index is 1560. The maximum Gasteiger partial charge on any atom is 0.305 e. The van der Waals surface area contributed by atoms with Crippen LogP contribution in [0.3, 0.4) is 0 Å². The number of nitrogens with zero attached hydrogens (tertiary/aromatic N) is 1. The van der Waals surface area contributed by atoms with Crippen molar-refractivity contribution in [1.82, 2.24) is 4.57 Å². The van der Waals surface area contributed by atoms with E-state index in [1.807, 2.05) is 30.3 Å². The fourth-order valence-electron chi connectivity index (χ4n) is 5.19. The maximum atomic E-state index is 13.3. The molecule has 0 saturated carbocycles. The summed E-state index contributed by atoms with van der Waals surface area (Å²) in [6.07, 6.45) is 0.426. The number of benzene rings is 2. The highest BCUT2D eigenvalue weighted by molar-refractivity contribution is 6.76. The van der Waals surface area contributed by atoms with Gasteiger partial charge in [-0.05, 0) is 105 Å². The number of ether oxygens (including phenoxy) is 2. The van der Waals surface area contributed by atoms with E-state index >= 15 is 0 Å². The van der Waals surface area contributed by atoms with Crippen LogP contribution < -0.4 is 5.56 Å². The van der Waals surface area contributed by atoms with Gasteiger partial charge in [-0.15, -0.1) is 0 Å². The number of aromatic nitrogens is 1. The van der Waals surface area contributed by atoms with Gasteiger partial charge in [0, 0.05) is 37.5 Å². The molecule has 0 unspecified atom stereocenters. The summed E-state index contributed by atoms with van der Waals surface area (Å²) in [7, 11) is -3.37. The van der Waals surface area contributed by atoms with Gasteiger partial charge >= 0.3 is 5.97 Å². The molecule has 0 radical (unpaired) electrons. The zero-order chi connectivity index (χ0) is 34.7. The molecule has 0 aliphatic heterocycles. The first-order valence-corrected chi connectivity index (χ1v) is 23.5. The first-order chi connectivity index (χ1) is 21.1. The van der Waals surface area contributed by atoms with Gasteiger partial charge in [-0.3, -0.25) is 9.59 Å². The molecule has 1 atom stereocenters. The van der Waals surface area contributed by atoms with Crippen LogP contribution in [0.4, 0.5) is 0 Å². The van der Waals surface area contributed by atoms with Gasteiger partial charge in [-0.2, -0.15) is 0 Å². The Morgan fingerprint density at radius 1 is 0.957 bits per heavy atom. The summed E-state index contributed by atoms with van der Waals surface area (Å²) in [6, 6.07) is 14.4. The lowest BCUT2D eigenvalue weighted by atomic mass is 9.88. The van der Waals surface area contributed by atoms with Crippen molar-refractivity contribution in [1.29, 1.82) is 0 Å². The summed E-state index contributed by atoms with van der Waals surface area (Å²) in [4.78, 5) is 25.8. The van der Waals surface area contributed by atoms with Crippen molar-refractivity contribution in [2.75, 3.05) is 13.2 Å². The third-order valence-corrected chi connectivity index (χ3v) is 15.2. The third-order valence-electron chi connectivity index (χ3n) is 8.77. The van der Waals surface area contributed by atoms with Crippen LogP contribution in [0.1, 0.15) is 71.6 Å². The molecule has 1 heterocycles. The molecule has 9 heteroatoms. The van der Waals surface area contributed by atoms with Crippen molar-refractivity contribution in [2.24, 2.45) is 0 Å². The van der Waals surface area contributed by atoms with Crippen LogP contribution in [0.2, 0.25) is 48.8 Å². The molecule has 254 valence electrons. The Hall–Kier alpha value is -2.24. The van der Waals surface area contributed by atoms with Gasteiger partial charge in [-0.1, -0.05) is 64.1 Å². The van der Waals surface area contributed by atoms with E-state index in [9.17, 15) is 9.59 Å². The zero-order valence-electron chi connectivity index (χ0n) is 30.2. The van der Waals surface area contributed by atoms with Crippen LogP contribution in [0, 0.1) is 6.92 Å². The van der Waals surface area contributed by atoms with Crippen LogP contribution in [0.25, 0.3) is 22.0 Å². The van der Waals surface area contributed by atoms with E-state index in [0.717, 1.165) is 39.2 Å². The summed E-state index contributed by atoms with van der Waals surface area (Å²) in [6.45, 7) is 27.6. The van der Waals surface area contributed by atoms with E-state index in [-0.39, 0.29) is 29.1 Å². The summed E-state index contributed by atoms with van der Waals surface area (Å²) in [5.74, 6) is -0.212. The second kappa shape index (κ2) is 14.9. The monoisotopic (exact) mass is 685 g/mol. The van der Waals surface area contributed by atoms with Crippen molar-refractivity contribution < 1.29 is 18.7 Å². The first kappa shape index (κ1) is 38.2. The highest BCUT2D eigenvalue weighted by atomic mass is 35.5. The van der Waals surface area contributed by atoms with Crippen molar-refractivity contribution in [3.8, 4) is 11.1 Å². The minimum atomic E-state index is -2.09. The van der Waals surface area contributed by atoms with Crippen LogP contribution in [0.5, 0.6) is 0 Å². The van der Waals surface area contributed by atoms with Crippen molar-refractivity contribution in [3.05, 3.63) is 69.0 Å². The van der Waals surface area contributed by atoms with E-state index in [4.69, 9.17) is 25.5 Å². The number of esters is 1. The fourth-order valence-corrected chi connectivity index (χ4v) is 7.03. The second-order valence-electron chi connectivity index (χ2n) is 16.2. The summed E-state index contributed by atoms with van der Waals surface area (Å²) < 4.78 is 20.9. The number of rotatable bonds is 13. The van der Waals surface area contributed by atoms with Crippen LogP contribution in [-0.2, 0) is 25.2 Å². The van der Waals surface area contributed by atoms with Gasteiger partial charge in [0.1, 0.15) is 6.10 Å². The third kappa shape index (κ3) is 10.4. The molecular formula is C37H56ClNO5Si2. The lowest BCUT2D eigenvalue weighted by Crippen LogP contribution is -2.42. The molecule has 3 aromatic rings. The standard InChI is InChI=1S/C37H56ClNO5Si2/c1-26-24-30-29(19-20-32(40)39(30)21-13-14-33(41)42-22-23-45(8,9)10)35(27-15-17-28(38)18-16-27)34(26)31(44-36(2,3)4)25-43-46(11,12)37(5,6)7/h15-20,24,31H,13-14,21-23,25H2,1-12H3/t31-/m1/s1. The van der Waals surface area contributed by atoms with Gasteiger partial charge in [0.25, 0.3) is 5.56 Å². The average Bonchev–Trinajstić information content (AvgIpc) is 2.90. The molecule has 2 aromatic carbocycles. The van der Waals surface area contributed by atoms with Crippen molar-refractivity contribution in [3.63, 3.8) is 0 Å². The summed E-state index contributed by atoms with van der Waals surface area (Å²) in [5, 5.41) is 1.64.